The van der Waals surface area contributed by atoms with Gasteiger partial charge in [-0.05, 0) is 18.2 Å². The van der Waals surface area contributed by atoms with E-state index >= 15 is 0 Å². The van der Waals surface area contributed by atoms with E-state index in [1.54, 1.807) is 35.7 Å². The van der Waals surface area contributed by atoms with Crippen LogP contribution in [-0.2, 0) is 9.59 Å². The summed E-state index contributed by atoms with van der Waals surface area (Å²) in [5.41, 5.74) is 1.08. The number of halogens is 1. The molecule has 0 saturated carbocycles. The van der Waals surface area contributed by atoms with Crippen molar-refractivity contribution in [2.24, 2.45) is 0 Å². The van der Waals surface area contributed by atoms with Crippen molar-refractivity contribution in [1.82, 2.24) is 4.98 Å². The minimum atomic E-state index is -0.530. The lowest BCUT2D eigenvalue weighted by Crippen LogP contribution is -2.23. The van der Waals surface area contributed by atoms with Gasteiger partial charge in [-0.3, -0.25) is 14.5 Å². The number of ether oxygens (including phenoxy) is 2. The zero-order valence-electron chi connectivity index (χ0n) is 17.1. The number of benzene rings is 2. The summed E-state index contributed by atoms with van der Waals surface area (Å²) in [5, 5.41) is 4.69. The van der Waals surface area contributed by atoms with Crippen LogP contribution in [0.3, 0.4) is 0 Å². The number of amides is 2. The average molecular weight is 441 g/mol. The number of anilines is 3. The predicted octanol–water partition coefficient (Wildman–Crippen LogP) is 4.64. The number of nitrogens with zero attached hydrogens (tertiary/aromatic N) is 2. The van der Waals surface area contributed by atoms with Crippen LogP contribution in [0.5, 0.6) is 11.5 Å². The summed E-state index contributed by atoms with van der Waals surface area (Å²) in [6, 6.07) is 11.0. The molecular formula is C22H20FN3O4S. The molecule has 2 amide bonds. The lowest BCUT2D eigenvalue weighted by Gasteiger charge is -2.18. The van der Waals surface area contributed by atoms with Crippen molar-refractivity contribution in [3.05, 3.63) is 65.4 Å². The number of carbonyl (C=O) groups is 2. The SMILES string of the molecule is COc1cc(NC(=O)/C=C/c2csc(N(C(C)=O)c3ccccc3F)n2)cc(OC)c1. The van der Waals surface area contributed by atoms with Crippen LogP contribution in [0.1, 0.15) is 12.6 Å². The molecule has 160 valence electrons. The number of rotatable bonds is 7. The van der Waals surface area contributed by atoms with Crippen molar-refractivity contribution in [1.29, 1.82) is 0 Å². The highest BCUT2D eigenvalue weighted by atomic mass is 32.1. The van der Waals surface area contributed by atoms with Crippen LogP contribution in [0.25, 0.3) is 6.08 Å². The molecule has 0 aliphatic rings. The van der Waals surface area contributed by atoms with Crippen molar-refractivity contribution in [3.63, 3.8) is 0 Å². The summed E-state index contributed by atoms with van der Waals surface area (Å²) in [6.07, 6.45) is 2.82. The Labute approximate surface area is 182 Å². The number of aromatic nitrogens is 1. The van der Waals surface area contributed by atoms with Crippen LogP contribution >= 0.6 is 11.3 Å². The lowest BCUT2D eigenvalue weighted by atomic mass is 10.2. The normalized spacial score (nSPS) is 10.7. The second-order valence-corrected chi connectivity index (χ2v) is 7.12. The Morgan fingerprint density at radius 2 is 1.81 bits per heavy atom. The van der Waals surface area contributed by atoms with Gasteiger partial charge in [-0.1, -0.05) is 12.1 Å². The summed E-state index contributed by atoms with van der Waals surface area (Å²) in [5.74, 6) is -0.208. The first-order valence-electron chi connectivity index (χ1n) is 9.14. The van der Waals surface area contributed by atoms with E-state index in [-0.39, 0.29) is 17.5 Å². The van der Waals surface area contributed by atoms with Crippen LogP contribution in [-0.4, -0.2) is 31.0 Å². The van der Waals surface area contributed by atoms with Gasteiger partial charge in [0.1, 0.15) is 17.3 Å². The van der Waals surface area contributed by atoms with E-state index in [9.17, 15) is 14.0 Å². The molecule has 0 atom stereocenters. The van der Waals surface area contributed by atoms with E-state index in [4.69, 9.17) is 9.47 Å². The molecule has 3 rings (SSSR count). The monoisotopic (exact) mass is 441 g/mol. The molecule has 0 unspecified atom stereocenters. The van der Waals surface area contributed by atoms with Gasteiger partial charge in [0.25, 0.3) is 0 Å². The maximum Gasteiger partial charge on any atom is 0.248 e. The molecule has 0 fully saturated rings. The molecular weight excluding hydrogens is 421 g/mol. The molecule has 9 heteroatoms. The van der Waals surface area contributed by atoms with Gasteiger partial charge in [0, 0.05) is 42.3 Å². The van der Waals surface area contributed by atoms with Crippen LogP contribution in [0.15, 0.2) is 53.9 Å². The fraction of sp³-hybridized carbons (Fsp3) is 0.136. The summed E-state index contributed by atoms with van der Waals surface area (Å²) < 4.78 is 24.5. The van der Waals surface area contributed by atoms with Crippen LogP contribution in [0.4, 0.5) is 20.9 Å². The quantitative estimate of drug-likeness (QED) is 0.541. The zero-order chi connectivity index (χ0) is 22.4. The highest BCUT2D eigenvalue weighted by Gasteiger charge is 2.20. The second-order valence-electron chi connectivity index (χ2n) is 6.28. The zero-order valence-corrected chi connectivity index (χ0v) is 17.9. The topological polar surface area (TPSA) is 80.8 Å². The van der Waals surface area contributed by atoms with Crippen molar-refractivity contribution >= 4 is 45.7 Å². The number of para-hydroxylation sites is 1. The van der Waals surface area contributed by atoms with Gasteiger partial charge in [0.15, 0.2) is 5.13 Å². The Balaban J connectivity index is 1.75. The molecule has 1 aromatic heterocycles. The number of hydrogen-bond donors (Lipinski definition) is 1. The van der Waals surface area contributed by atoms with Gasteiger partial charge in [-0.2, -0.15) is 0 Å². The third-order valence-corrected chi connectivity index (χ3v) is 4.98. The summed E-state index contributed by atoms with van der Waals surface area (Å²) >= 11 is 1.17. The van der Waals surface area contributed by atoms with Crippen molar-refractivity contribution in [2.45, 2.75) is 6.92 Å². The first kappa shape index (κ1) is 22.0. The standard InChI is InChI=1S/C22H20FN3O4S/c1-14(27)26(20-7-5-4-6-19(20)23)22-25-15(13-31-22)8-9-21(28)24-16-10-17(29-2)12-18(11-16)30-3/h4-13H,1-3H3,(H,24,28)/b9-8+. The van der Waals surface area contributed by atoms with Gasteiger partial charge in [0.05, 0.1) is 25.6 Å². The molecule has 0 radical (unpaired) electrons. The predicted molar refractivity (Wildman–Crippen MR) is 119 cm³/mol. The van der Waals surface area contributed by atoms with E-state index < -0.39 is 5.82 Å². The first-order chi connectivity index (χ1) is 14.9. The van der Waals surface area contributed by atoms with E-state index in [1.165, 1.54) is 61.7 Å². The van der Waals surface area contributed by atoms with Gasteiger partial charge >= 0.3 is 0 Å². The number of hydrogen-bond acceptors (Lipinski definition) is 6. The van der Waals surface area contributed by atoms with Crippen molar-refractivity contribution in [2.75, 3.05) is 24.4 Å². The highest BCUT2D eigenvalue weighted by molar-refractivity contribution is 7.14. The number of carbonyl (C=O) groups excluding carboxylic acids is 2. The molecule has 1 N–H and O–H groups in total. The van der Waals surface area contributed by atoms with Gasteiger partial charge in [0.2, 0.25) is 11.8 Å². The molecule has 2 aromatic carbocycles. The minimum Gasteiger partial charge on any atom is -0.497 e. The van der Waals surface area contributed by atoms with Gasteiger partial charge in [-0.25, -0.2) is 9.37 Å². The highest BCUT2D eigenvalue weighted by Crippen LogP contribution is 2.31. The Bertz CT molecular complexity index is 1110. The molecule has 3 aromatic rings. The molecule has 0 spiro atoms. The van der Waals surface area contributed by atoms with Crippen LogP contribution < -0.4 is 19.7 Å². The maximum atomic E-state index is 14.2. The smallest absolute Gasteiger partial charge is 0.248 e. The van der Waals surface area contributed by atoms with Gasteiger partial charge in [-0.15, -0.1) is 11.3 Å². The number of nitrogens with one attached hydrogen (secondary N) is 1. The fourth-order valence-corrected chi connectivity index (χ4v) is 3.57. The van der Waals surface area contributed by atoms with E-state index in [1.807, 2.05) is 0 Å². The fourth-order valence-electron chi connectivity index (χ4n) is 2.72. The van der Waals surface area contributed by atoms with Crippen LogP contribution in [0.2, 0.25) is 0 Å². The van der Waals surface area contributed by atoms with Gasteiger partial charge < -0.3 is 14.8 Å². The summed E-state index contributed by atoms with van der Waals surface area (Å²) in [6.45, 7) is 1.33. The van der Waals surface area contributed by atoms with E-state index in [0.717, 1.165) is 0 Å². The maximum absolute atomic E-state index is 14.2. The third kappa shape index (κ3) is 5.46. The first-order valence-corrected chi connectivity index (χ1v) is 10.0. The second kappa shape index (κ2) is 9.86. The summed E-state index contributed by atoms with van der Waals surface area (Å²) in [7, 11) is 3.04. The molecule has 1 heterocycles. The molecule has 0 aliphatic carbocycles. The number of thiazole rings is 1. The Morgan fingerprint density at radius 1 is 1.13 bits per heavy atom. The average Bonchev–Trinajstić information content (AvgIpc) is 3.21. The third-order valence-electron chi connectivity index (χ3n) is 4.13. The van der Waals surface area contributed by atoms with Crippen molar-refractivity contribution < 1.29 is 23.5 Å². The molecule has 31 heavy (non-hydrogen) atoms. The molecule has 0 bridgehead atoms. The molecule has 7 nitrogen and oxygen atoms in total. The van der Waals surface area contributed by atoms with Crippen molar-refractivity contribution in [3.8, 4) is 11.5 Å². The van der Waals surface area contributed by atoms with E-state index in [2.05, 4.69) is 10.3 Å². The number of methoxy groups -OCH3 is 2. The Morgan fingerprint density at radius 3 is 2.42 bits per heavy atom. The lowest BCUT2D eigenvalue weighted by molar-refractivity contribution is -0.116. The molecule has 0 saturated heterocycles. The Hall–Kier alpha value is -3.72. The van der Waals surface area contributed by atoms with Crippen LogP contribution in [0, 0.1) is 5.82 Å². The van der Waals surface area contributed by atoms with E-state index in [0.29, 0.717) is 28.0 Å². The minimum absolute atomic E-state index is 0.115. The molecule has 0 aliphatic heterocycles. The Kier molecular flexibility index (Phi) is 6.99. The largest absolute Gasteiger partial charge is 0.497 e. The summed E-state index contributed by atoms with van der Waals surface area (Å²) in [4.78, 5) is 29.9.